The summed E-state index contributed by atoms with van der Waals surface area (Å²) in [5, 5.41) is 3.30. The standard InChI is InChI=1S/C16H25FN2O/c1-16(2)6-8-19(12-16)15-5-4-14(17)10-13(15)11-18-7-9-20-3/h4-5,10,18H,6-9,11-12H2,1-3H3. The van der Waals surface area contributed by atoms with Crippen molar-refractivity contribution in [1.29, 1.82) is 0 Å². The average Bonchev–Trinajstić information content (AvgIpc) is 2.75. The van der Waals surface area contributed by atoms with E-state index < -0.39 is 0 Å². The summed E-state index contributed by atoms with van der Waals surface area (Å²) in [5.41, 5.74) is 2.52. The second-order valence-electron chi connectivity index (χ2n) is 6.28. The topological polar surface area (TPSA) is 24.5 Å². The molecule has 1 aromatic rings. The van der Waals surface area contributed by atoms with Crippen molar-refractivity contribution in [1.82, 2.24) is 5.32 Å². The Hall–Kier alpha value is -1.13. The molecule has 112 valence electrons. The summed E-state index contributed by atoms with van der Waals surface area (Å²) in [6.07, 6.45) is 1.18. The summed E-state index contributed by atoms with van der Waals surface area (Å²) in [6, 6.07) is 5.10. The van der Waals surface area contributed by atoms with E-state index in [0.29, 0.717) is 18.6 Å². The molecule has 0 atom stereocenters. The van der Waals surface area contributed by atoms with Gasteiger partial charge in [0.05, 0.1) is 6.61 Å². The lowest BCUT2D eigenvalue weighted by Gasteiger charge is -2.24. The zero-order valence-corrected chi connectivity index (χ0v) is 12.7. The maximum Gasteiger partial charge on any atom is 0.123 e. The average molecular weight is 280 g/mol. The van der Waals surface area contributed by atoms with Crippen molar-refractivity contribution in [3.63, 3.8) is 0 Å². The van der Waals surface area contributed by atoms with Crippen LogP contribution in [0.25, 0.3) is 0 Å². The first-order chi connectivity index (χ1) is 9.52. The summed E-state index contributed by atoms with van der Waals surface area (Å²) in [4.78, 5) is 2.37. The van der Waals surface area contributed by atoms with Gasteiger partial charge in [-0.15, -0.1) is 0 Å². The van der Waals surface area contributed by atoms with Crippen LogP contribution in [0.3, 0.4) is 0 Å². The highest BCUT2D eigenvalue weighted by molar-refractivity contribution is 5.55. The minimum atomic E-state index is -0.171. The van der Waals surface area contributed by atoms with E-state index >= 15 is 0 Å². The molecule has 0 radical (unpaired) electrons. The third-order valence-corrected chi connectivity index (χ3v) is 3.86. The Bertz CT molecular complexity index is 448. The van der Waals surface area contributed by atoms with Crippen LogP contribution in [0.15, 0.2) is 18.2 Å². The summed E-state index contributed by atoms with van der Waals surface area (Å²) >= 11 is 0. The zero-order chi connectivity index (χ0) is 14.6. The molecule has 3 nitrogen and oxygen atoms in total. The van der Waals surface area contributed by atoms with Crippen LogP contribution >= 0.6 is 0 Å². The predicted octanol–water partition coefficient (Wildman–Crippen LogP) is 2.80. The Morgan fingerprint density at radius 1 is 1.40 bits per heavy atom. The monoisotopic (exact) mass is 280 g/mol. The van der Waals surface area contributed by atoms with Gasteiger partial charge in [-0.05, 0) is 35.6 Å². The fraction of sp³-hybridized carbons (Fsp3) is 0.625. The number of anilines is 1. The lowest BCUT2D eigenvalue weighted by molar-refractivity contribution is 0.199. The van der Waals surface area contributed by atoms with E-state index in [2.05, 4.69) is 24.1 Å². The molecule has 1 aromatic carbocycles. The van der Waals surface area contributed by atoms with E-state index in [-0.39, 0.29) is 5.82 Å². The van der Waals surface area contributed by atoms with Gasteiger partial charge in [0.1, 0.15) is 5.82 Å². The van der Waals surface area contributed by atoms with Gasteiger partial charge in [-0.1, -0.05) is 13.8 Å². The van der Waals surface area contributed by atoms with Crippen LogP contribution in [0, 0.1) is 11.2 Å². The molecule has 0 aliphatic carbocycles. The zero-order valence-electron chi connectivity index (χ0n) is 12.7. The highest BCUT2D eigenvalue weighted by atomic mass is 19.1. The van der Waals surface area contributed by atoms with E-state index in [1.807, 2.05) is 6.07 Å². The molecule has 1 heterocycles. The first kappa shape index (κ1) is 15.3. The predicted molar refractivity (Wildman–Crippen MR) is 80.6 cm³/mol. The first-order valence-electron chi connectivity index (χ1n) is 7.25. The van der Waals surface area contributed by atoms with E-state index in [0.717, 1.165) is 30.9 Å². The van der Waals surface area contributed by atoms with E-state index in [1.165, 1.54) is 6.42 Å². The number of rotatable bonds is 6. The number of ether oxygens (including phenoxy) is 1. The lowest BCUT2D eigenvalue weighted by atomic mass is 9.93. The van der Waals surface area contributed by atoms with E-state index in [1.54, 1.807) is 19.2 Å². The molecule has 1 aliphatic rings. The molecule has 1 N–H and O–H groups in total. The van der Waals surface area contributed by atoms with Gasteiger partial charge in [-0.2, -0.15) is 0 Å². The van der Waals surface area contributed by atoms with Crippen LogP contribution in [0.5, 0.6) is 0 Å². The molecule has 0 unspecified atom stereocenters. The fourth-order valence-electron chi connectivity index (χ4n) is 2.72. The van der Waals surface area contributed by atoms with Crippen molar-refractivity contribution in [2.24, 2.45) is 5.41 Å². The quantitative estimate of drug-likeness (QED) is 0.811. The van der Waals surface area contributed by atoms with Crippen LogP contribution in [0.2, 0.25) is 0 Å². The summed E-state index contributed by atoms with van der Waals surface area (Å²) in [7, 11) is 1.68. The summed E-state index contributed by atoms with van der Waals surface area (Å²) in [6.45, 7) is 8.76. The van der Waals surface area contributed by atoms with Gasteiger partial charge in [-0.25, -0.2) is 4.39 Å². The largest absolute Gasteiger partial charge is 0.383 e. The van der Waals surface area contributed by atoms with Crippen molar-refractivity contribution in [3.8, 4) is 0 Å². The number of nitrogens with one attached hydrogen (secondary N) is 1. The fourth-order valence-corrected chi connectivity index (χ4v) is 2.72. The molecule has 0 spiro atoms. The number of methoxy groups -OCH3 is 1. The van der Waals surface area contributed by atoms with Crippen molar-refractivity contribution in [2.75, 3.05) is 38.3 Å². The number of hydrogen-bond acceptors (Lipinski definition) is 3. The van der Waals surface area contributed by atoms with Crippen molar-refractivity contribution in [2.45, 2.75) is 26.8 Å². The van der Waals surface area contributed by atoms with Crippen LogP contribution in [-0.4, -0.2) is 33.4 Å². The maximum atomic E-state index is 13.5. The van der Waals surface area contributed by atoms with Crippen molar-refractivity contribution in [3.05, 3.63) is 29.6 Å². The highest BCUT2D eigenvalue weighted by Crippen LogP contribution is 2.34. The van der Waals surface area contributed by atoms with Crippen LogP contribution < -0.4 is 10.2 Å². The molecule has 4 heteroatoms. The van der Waals surface area contributed by atoms with Gasteiger partial charge in [-0.3, -0.25) is 0 Å². The minimum absolute atomic E-state index is 0.171. The molecule has 20 heavy (non-hydrogen) atoms. The molecule has 1 saturated heterocycles. The smallest absolute Gasteiger partial charge is 0.123 e. The third-order valence-electron chi connectivity index (χ3n) is 3.86. The van der Waals surface area contributed by atoms with Gasteiger partial charge in [0.15, 0.2) is 0 Å². The summed E-state index contributed by atoms with van der Waals surface area (Å²) < 4.78 is 18.5. The van der Waals surface area contributed by atoms with Gasteiger partial charge in [0.25, 0.3) is 0 Å². The Balaban J connectivity index is 2.08. The third kappa shape index (κ3) is 3.93. The van der Waals surface area contributed by atoms with E-state index in [9.17, 15) is 4.39 Å². The van der Waals surface area contributed by atoms with Gasteiger partial charge in [0, 0.05) is 39.0 Å². The second kappa shape index (κ2) is 6.55. The second-order valence-corrected chi connectivity index (χ2v) is 6.28. The Kier molecular flexibility index (Phi) is 5.00. The molecule has 0 saturated carbocycles. The van der Waals surface area contributed by atoms with Gasteiger partial charge < -0.3 is 15.0 Å². The number of hydrogen-bond donors (Lipinski definition) is 1. The Morgan fingerprint density at radius 2 is 2.20 bits per heavy atom. The molecular formula is C16H25FN2O. The number of nitrogens with zero attached hydrogens (tertiary/aromatic N) is 1. The number of halogens is 1. The molecule has 2 rings (SSSR count). The normalized spacial score (nSPS) is 17.7. The summed E-state index contributed by atoms with van der Waals surface area (Å²) in [5.74, 6) is -0.171. The van der Waals surface area contributed by atoms with Crippen LogP contribution in [0.4, 0.5) is 10.1 Å². The molecule has 0 bridgehead atoms. The lowest BCUT2D eigenvalue weighted by Crippen LogP contribution is -2.26. The molecule has 0 amide bonds. The van der Waals surface area contributed by atoms with Crippen LogP contribution in [0.1, 0.15) is 25.8 Å². The minimum Gasteiger partial charge on any atom is -0.383 e. The Labute approximate surface area is 121 Å². The van der Waals surface area contributed by atoms with Gasteiger partial charge >= 0.3 is 0 Å². The van der Waals surface area contributed by atoms with Crippen LogP contribution in [-0.2, 0) is 11.3 Å². The molecule has 1 fully saturated rings. The van der Waals surface area contributed by atoms with Crippen molar-refractivity contribution >= 4 is 5.69 Å². The number of benzene rings is 1. The molecular weight excluding hydrogens is 255 g/mol. The Morgan fingerprint density at radius 3 is 2.85 bits per heavy atom. The molecule has 1 aliphatic heterocycles. The first-order valence-corrected chi connectivity index (χ1v) is 7.25. The molecule has 0 aromatic heterocycles. The SMILES string of the molecule is COCCNCc1cc(F)ccc1N1CCC(C)(C)C1. The highest BCUT2D eigenvalue weighted by Gasteiger charge is 2.30. The van der Waals surface area contributed by atoms with Gasteiger partial charge in [0.2, 0.25) is 0 Å². The maximum absolute atomic E-state index is 13.5. The van der Waals surface area contributed by atoms with Crippen molar-refractivity contribution < 1.29 is 9.13 Å². The van der Waals surface area contributed by atoms with E-state index in [4.69, 9.17) is 4.74 Å².